The molecule has 0 spiro atoms. The van der Waals surface area contributed by atoms with Crippen LogP contribution in [0.4, 0.5) is 0 Å². The smallest absolute Gasteiger partial charge is 0.221 e. The second-order valence-corrected chi connectivity index (χ2v) is 2.68. The standard InChI is InChI=1S/C10H13NO2/c1-2-13-9-6-4-3-5-8(9)7-10(11)12/h3-6H,2,7H2,1H3,(H2,11,12). The van der Waals surface area contributed by atoms with Crippen molar-refractivity contribution in [2.45, 2.75) is 13.3 Å². The summed E-state index contributed by atoms with van der Waals surface area (Å²) in [4.78, 5) is 10.7. The fourth-order valence-electron chi connectivity index (χ4n) is 1.13. The first kappa shape index (κ1) is 9.58. The molecule has 1 aromatic carbocycles. The van der Waals surface area contributed by atoms with Crippen LogP contribution in [-0.2, 0) is 11.2 Å². The van der Waals surface area contributed by atoms with Crippen LogP contribution in [0.3, 0.4) is 0 Å². The monoisotopic (exact) mass is 179 g/mol. The highest BCUT2D eigenvalue weighted by Crippen LogP contribution is 2.17. The van der Waals surface area contributed by atoms with Crippen LogP contribution in [0.15, 0.2) is 24.3 Å². The number of hydrogen-bond donors (Lipinski definition) is 1. The minimum Gasteiger partial charge on any atom is -0.494 e. The lowest BCUT2D eigenvalue weighted by molar-refractivity contribution is -0.117. The van der Waals surface area contributed by atoms with E-state index in [9.17, 15) is 4.79 Å². The second-order valence-electron chi connectivity index (χ2n) is 2.68. The van der Waals surface area contributed by atoms with Crippen LogP contribution in [-0.4, -0.2) is 12.5 Å². The first-order valence-corrected chi connectivity index (χ1v) is 4.23. The van der Waals surface area contributed by atoms with Crippen molar-refractivity contribution in [3.8, 4) is 5.75 Å². The molecule has 70 valence electrons. The van der Waals surface area contributed by atoms with E-state index in [1.165, 1.54) is 0 Å². The predicted molar refractivity (Wildman–Crippen MR) is 50.5 cm³/mol. The van der Waals surface area contributed by atoms with Gasteiger partial charge in [0.1, 0.15) is 5.75 Å². The van der Waals surface area contributed by atoms with Crippen molar-refractivity contribution in [3.63, 3.8) is 0 Å². The normalized spacial score (nSPS) is 9.62. The van der Waals surface area contributed by atoms with Crippen LogP contribution in [0.25, 0.3) is 0 Å². The average molecular weight is 179 g/mol. The lowest BCUT2D eigenvalue weighted by atomic mass is 10.1. The number of ether oxygens (including phenoxy) is 1. The molecule has 0 unspecified atom stereocenters. The van der Waals surface area contributed by atoms with E-state index in [2.05, 4.69) is 0 Å². The molecular weight excluding hydrogens is 166 g/mol. The summed E-state index contributed by atoms with van der Waals surface area (Å²) in [5, 5.41) is 0. The molecule has 3 heteroatoms. The minimum absolute atomic E-state index is 0.232. The quantitative estimate of drug-likeness (QED) is 0.752. The number of rotatable bonds is 4. The van der Waals surface area contributed by atoms with Crippen molar-refractivity contribution in [1.29, 1.82) is 0 Å². The Bertz CT molecular complexity index is 297. The topological polar surface area (TPSA) is 52.3 Å². The van der Waals surface area contributed by atoms with Gasteiger partial charge in [0.25, 0.3) is 0 Å². The van der Waals surface area contributed by atoms with Gasteiger partial charge in [-0.2, -0.15) is 0 Å². The van der Waals surface area contributed by atoms with E-state index in [0.29, 0.717) is 6.61 Å². The minimum atomic E-state index is -0.341. The number of primary amides is 1. The molecule has 0 bridgehead atoms. The van der Waals surface area contributed by atoms with Crippen LogP contribution in [0, 0.1) is 0 Å². The highest BCUT2D eigenvalue weighted by atomic mass is 16.5. The summed E-state index contributed by atoms with van der Waals surface area (Å²) >= 11 is 0. The molecule has 0 radical (unpaired) electrons. The molecular formula is C10H13NO2. The second kappa shape index (κ2) is 4.50. The average Bonchev–Trinajstić information content (AvgIpc) is 2.08. The van der Waals surface area contributed by atoms with Gasteiger partial charge in [-0.3, -0.25) is 4.79 Å². The number of carbonyl (C=O) groups is 1. The molecule has 0 aliphatic heterocycles. The van der Waals surface area contributed by atoms with Crippen molar-refractivity contribution < 1.29 is 9.53 Å². The Kier molecular flexibility index (Phi) is 3.31. The predicted octanol–water partition coefficient (Wildman–Crippen LogP) is 1.11. The summed E-state index contributed by atoms with van der Waals surface area (Å²) in [7, 11) is 0. The third-order valence-electron chi connectivity index (χ3n) is 1.64. The zero-order valence-corrected chi connectivity index (χ0v) is 7.62. The fourth-order valence-corrected chi connectivity index (χ4v) is 1.13. The molecule has 0 heterocycles. The molecule has 3 nitrogen and oxygen atoms in total. The molecule has 13 heavy (non-hydrogen) atoms. The molecule has 2 N–H and O–H groups in total. The number of benzene rings is 1. The molecule has 1 rings (SSSR count). The van der Waals surface area contributed by atoms with Crippen molar-refractivity contribution in [3.05, 3.63) is 29.8 Å². The summed E-state index contributed by atoms with van der Waals surface area (Å²) in [6, 6.07) is 7.41. The lowest BCUT2D eigenvalue weighted by Crippen LogP contribution is -2.14. The van der Waals surface area contributed by atoms with Crippen molar-refractivity contribution >= 4 is 5.91 Å². The van der Waals surface area contributed by atoms with E-state index in [0.717, 1.165) is 11.3 Å². The van der Waals surface area contributed by atoms with Gasteiger partial charge in [-0.05, 0) is 13.0 Å². The summed E-state index contributed by atoms with van der Waals surface area (Å²) in [6.45, 7) is 2.50. The van der Waals surface area contributed by atoms with Gasteiger partial charge < -0.3 is 10.5 Å². The van der Waals surface area contributed by atoms with E-state index in [4.69, 9.17) is 10.5 Å². The molecule has 0 aromatic heterocycles. The van der Waals surface area contributed by atoms with E-state index in [-0.39, 0.29) is 12.3 Å². The largest absolute Gasteiger partial charge is 0.494 e. The zero-order valence-electron chi connectivity index (χ0n) is 7.62. The van der Waals surface area contributed by atoms with Crippen LogP contribution in [0.5, 0.6) is 5.75 Å². The Hall–Kier alpha value is -1.51. The van der Waals surface area contributed by atoms with Gasteiger partial charge in [-0.1, -0.05) is 18.2 Å². The number of carbonyl (C=O) groups excluding carboxylic acids is 1. The molecule has 0 saturated heterocycles. The van der Waals surface area contributed by atoms with E-state index < -0.39 is 0 Å². The highest BCUT2D eigenvalue weighted by molar-refractivity contribution is 5.77. The fraction of sp³-hybridized carbons (Fsp3) is 0.300. The Morgan fingerprint density at radius 3 is 2.77 bits per heavy atom. The van der Waals surface area contributed by atoms with Crippen LogP contribution in [0.2, 0.25) is 0 Å². The lowest BCUT2D eigenvalue weighted by Gasteiger charge is -2.07. The van der Waals surface area contributed by atoms with Gasteiger partial charge in [-0.15, -0.1) is 0 Å². The molecule has 0 aliphatic rings. The maximum Gasteiger partial charge on any atom is 0.221 e. The van der Waals surface area contributed by atoms with Gasteiger partial charge >= 0.3 is 0 Å². The summed E-state index contributed by atoms with van der Waals surface area (Å²) in [5.41, 5.74) is 5.94. The Balaban J connectivity index is 2.84. The summed E-state index contributed by atoms with van der Waals surface area (Å²) < 4.78 is 5.33. The molecule has 0 aliphatic carbocycles. The van der Waals surface area contributed by atoms with Crippen LogP contribution < -0.4 is 10.5 Å². The SMILES string of the molecule is CCOc1ccccc1CC(N)=O. The van der Waals surface area contributed by atoms with Gasteiger partial charge in [0.15, 0.2) is 0 Å². The van der Waals surface area contributed by atoms with Gasteiger partial charge in [-0.25, -0.2) is 0 Å². The third kappa shape index (κ3) is 2.78. The molecule has 1 aromatic rings. The number of hydrogen-bond acceptors (Lipinski definition) is 2. The first-order chi connectivity index (χ1) is 6.24. The van der Waals surface area contributed by atoms with E-state index in [1.54, 1.807) is 0 Å². The summed E-state index contributed by atoms with van der Waals surface area (Å²) in [6.07, 6.45) is 0.232. The van der Waals surface area contributed by atoms with Gasteiger partial charge in [0.2, 0.25) is 5.91 Å². The summed E-state index contributed by atoms with van der Waals surface area (Å²) in [5.74, 6) is 0.399. The number of amides is 1. The Labute approximate surface area is 77.5 Å². The third-order valence-corrected chi connectivity index (χ3v) is 1.64. The van der Waals surface area contributed by atoms with Crippen molar-refractivity contribution in [1.82, 2.24) is 0 Å². The molecule has 0 saturated carbocycles. The Morgan fingerprint density at radius 1 is 1.46 bits per heavy atom. The zero-order chi connectivity index (χ0) is 9.68. The number of nitrogens with two attached hydrogens (primary N) is 1. The molecule has 0 atom stereocenters. The van der Waals surface area contributed by atoms with Crippen molar-refractivity contribution in [2.75, 3.05) is 6.61 Å². The van der Waals surface area contributed by atoms with Gasteiger partial charge in [0, 0.05) is 5.56 Å². The van der Waals surface area contributed by atoms with E-state index in [1.807, 2.05) is 31.2 Å². The van der Waals surface area contributed by atoms with E-state index >= 15 is 0 Å². The molecule has 1 amide bonds. The van der Waals surface area contributed by atoms with Crippen LogP contribution >= 0.6 is 0 Å². The number of para-hydroxylation sites is 1. The maximum absolute atomic E-state index is 10.7. The Morgan fingerprint density at radius 2 is 2.15 bits per heavy atom. The van der Waals surface area contributed by atoms with Crippen molar-refractivity contribution in [2.24, 2.45) is 5.73 Å². The van der Waals surface area contributed by atoms with Crippen LogP contribution in [0.1, 0.15) is 12.5 Å². The van der Waals surface area contributed by atoms with Gasteiger partial charge in [0.05, 0.1) is 13.0 Å². The first-order valence-electron chi connectivity index (χ1n) is 4.23. The molecule has 0 fully saturated rings. The highest BCUT2D eigenvalue weighted by Gasteiger charge is 2.04. The maximum atomic E-state index is 10.7.